The molecule has 8 heteroatoms. The molecule has 0 heterocycles. The van der Waals surface area contributed by atoms with Crippen LogP contribution in [-0.4, -0.2) is 32.5 Å². The smallest absolute Gasteiger partial charge is 0.334 e. The number of anilines is 1. The Bertz CT molecular complexity index is 607. The Labute approximate surface area is 129 Å². The summed E-state index contributed by atoms with van der Waals surface area (Å²) >= 11 is 0. The Kier molecular flexibility index (Phi) is 7.51. The zero-order chi connectivity index (χ0) is 16.6. The standard InChI is InChI=1S/C14H22NO6P/c1-4-19-14-11(12(16)13(14)17)15-9-7-8-10-22(18,20-5-2)21-6-3/h7-8,15H,4-6,9-10H2,1-3H3/b8-7+. The molecule has 1 N–H and O–H groups in total. The third kappa shape index (κ3) is 4.80. The van der Waals surface area contributed by atoms with Gasteiger partial charge in [-0.05, 0) is 20.8 Å². The summed E-state index contributed by atoms with van der Waals surface area (Å²) in [4.78, 5) is 22.6. The molecule has 1 aromatic rings. The molecule has 0 spiro atoms. The van der Waals surface area contributed by atoms with E-state index in [2.05, 4.69) is 5.32 Å². The van der Waals surface area contributed by atoms with Gasteiger partial charge in [-0.25, -0.2) is 0 Å². The van der Waals surface area contributed by atoms with Gasteiger partial charge in [-0.1, -0.05) is 12.2 Å². The highest BCUT2D eigenvalue weighted by molar-refractivity contribution is 7.54. The van der Waals surface area contributed by atoms with E-state index >= 15 is 0 Å². The quantitative estimate of drug-likeness (QED) is 0.376. The maximum absolute atomic E-state index is 12.2. The van der Waals surface area contributed by atoms with Crippen LogP contribution in [-0.2, 0) is 13.6 Å². The first-order valence-corrected chi connectivity index (χ1v) is 8.94. The molecule has 124 valence electrons. The molecule has 0 radical (unpaired) electrons. The summed E-state index contributed by atoms with van der Waals surface area (Å²) < 4.78 is 27.5. The monoisotopic (exact) mass is 331 g/mol. The van der Waals surface area contributed by atoms with Crippen molar-refractivity contribution in [3.63, 3.8) is 0 Å². The minimum atomic E-state index is -3.09. The number of nitrogens with one attached hydrogen (secondary N) is 1. The van der Waals surface area contributed by atoms with Gasteiger partial charge in [0.05, 0.1) is 26.0 Å². The molecule has 0 bridgehead atoms. The summed E-state index contributed by atoms with van der Waals surface area (Å²) in [7, 11) is -3.09. The van der Waals surface area contributed by atoms with Crippen LogP contribution in [0, 0.1) is 0 Å². The fraction of sp³-hybridized carbons (Fsp3) is 0.571. The van der Waals surface area contributed by atoms with Crippen LogP contribution in [0.25, 0.3) is 0 Å². The average Bonchev–Trinajstić information content (AvgIpc) is 2.49. The molecule has 0 aliphatic carbocycles. The minimum Gasteiger partial charge on any atom is -0.488 e. The molecule has 7 nitrogen and oxygen atoms in total. The lowest BCUT2D eigenvalue weighted by molar-refractivity contribution is 0.222. The Morgan fingerprint density at radius 3 is 2.18 bits per heavy atom. The van der Waals surface area contributed by atoms with Crippen LogP contribution >= 0.6 is 7.60 Å². The molecule has 0 aromatic heterocycles. The molecular weight excluding hydrogens is 309 g/mol. The summed E-state index contributed by atoms with van der Waals surface area (Å²) in [5.41, 5.74) is -0.994. The van der Waals surface area contributed by atoms with Gasteiger partial charge in [0, 0.05) is 6.54 Å². The zero-order valence-corrected chi connectivity index (χ0v) is 14.0. The fourth-order valence-electron chi connectivity index (χ4n) is 1.80. The van der Waals surface area contributed by atoms with Gasteiger partial charge in [-0.3, -0.25) is 14.2 Å². The van der Waals surface area contributed by atoms with E-state index in [1.807, 2.05) is 0 Å². The highest BCUT2D eigenvalue weighted by Gasteiger charge is 2.22. The van der Waals surface area contributed by atoms with E-state index in [4.69, 9.17) is 13.8 Å². The first-order chi connectivity index (χ1) is 10.5. The van der Waals surface area contributed by atoms with Crippen LogP contribution < -0.4 is 20.9 Å². The molecular formula is C14H22NO6P. The Morgan fingerprint density at radius 1 is 1.00 bits per heavy atom. The van der Waals surface area contributed by atoms with Crippen molar-refractivity contribution in [3.8, 4) is 5.75 Å². The van der Waals surface area contributed by atoms with E-state index < -0.39 is 18.5 Å². The maximum atomic E-state index is 12.2. The summed E-state index contributed by atoms with van der Waals surface area (Å²) in [5.74, 6) is 0.0789. The van der Waals surface area contributed by atoms with Crippen molar-refractivity contribution in [2.75, 3.05) is 37.8 Å². The summed E-state index contributed by atoms with van der Waals surface area (Å²) in [6, 6.07) is 0. The van der Waals surface area contributed by atoms with Gasteiger partial charge >= 0.3 is 7.60 Å². The minimum absolute atomic E-state index is 0.0789. The first-order valence-electron chi connectivity index (χ1n) is 7.22. The largest absolute Gasteiger partial charge is 0.488 e. The SMILES string of the molecule is CCOc1c(NC/C=C/CP(=O)(OCC)OCC)c(=O)c1=O. The molecule has 0 saturated carbocycles. The molecule has 0 aliphatic heterocycles. The summed E-state index contributed by atoms with van der Waals surface area (Å²) in [6.07, 6.45) is 3.50. The third-order valence-electron chi connectivity index (χ3n) is 2.70. The topological polar surface area (TPSA) is 90.9 Å². The number of hydrogen-bond acceptors (Lipinski definition) is 7. The molecule has 0 atom stereocenters. The Morgan fingerprint density at radius 2 is 1.64 bits per heavy atom. The van der Waals surface area contributed by atoms with Crippen molar-refractivity contribution < 1.29 is 18.3 Å². The number of rotatable bonds is 11. The van der Waals surface area contributed by atoms with E-state index in [0.29, 0.717) is 26.4 Å². The second kappa shape index (κ2) is 8.88. The van der Waals surface area contributed by atoms with Crippen molar-refractivity contribution in [2.24, 2.45) is 0 Å². The lowest BCUT2D eigenvalue weighted by Crippen LogP contribution is -2.35. The van der Waals surface area contributed by atoms with Gasteiger partial charge in [0.1, 0.15) is 5.69 Å². The molecule has 0 amide bonds. The molecule has 0 unspecified atom stereocenters. The van der Waals surface area contributed by atoms with Crippen LogP contribution in [0.1, 0.15) is 20.8 Å². The first kappa shape index (κ1) is 18.6. The van der Waals surface area contributed by atoms with Crippen molar-refractivity contribution in [1.29, 1.82) is 0 Å². The van der Waals surface area contributed by atoms with Crippen LogP contribution in [0.3, 0.4) is 0 Å². The predicted octanol–water partition coefficient (Wildman–Crippen LogP) is 1.92. The third-order valence-corrected chi connectivity index (χ3v) is 4.66. The molecule has 0 saturated heterocycles. The van der Waals surface area contributed by atoms with E-state index in [0.717, 1.165) is 0 Å². The molecule has 22 heavy (non-hydrogen) atoms. The maximum Gasteiger partial charge on any atom is 0.334 e. The van der Waals surface area contributed by atoms with Crippen LogP contribution in [0.4, 0.5) is 5.69 Å². The van der Waals surface area contributed by atoms with E-state index in [-0.39, 0.29) is 17.6 Å². The predicted molar refractivity (Wildman–Crippen MR) is 85.9 cm³/mol. The number of ether oxygens (including phenoxy) is 1. The van der Waals surface area contributed by atoms with Crippen molar-refractivity contribution >= 4 is 13.3 Å². The van der Waals surface area contributed by atoms with Crippen LogP contribution in [0.15, 0.2) is 21.7 Å². The van der Waals surface area contributed by atoms with E-state index in [1.54, 1.807) is 32.9 Å². The van der Waals surface area contributed by atoms with Gasteiger partial charge in [-0.2, -0.15) is 0 Å². The van der Waals surface area contributed by atoms with Gasteiger partial charge in [0.25, 0.3) is 10.9 Å². The second-order valence-electron chi connectivity index (χ2n) is 4.28. The van der Waals surface area contributed by atoms with Gasteiger partial charge in [0.2, 0.25) is 0 Å². The van der Waals surface area contributed by atoms with Gasteiger partial charge < -0.3 is 19.1 Å². The zero-order valence-electron chi connectivity index (χ0n) is 13.1. The number of allylic oxidation sites excluding steroid dienone is 1. The van der Waals surface area contributed by atoms with Crippen molar-refractivity contribution in [1.82, 2.24) is 0 Å². The average molecular weight is 331 g/mol. The van der Waals surface area contributed by atoms with Gasteiger partial charge in [-0.15, -0.1) is 0 Å². The fourth-order valence-corrected chi connectivity index (χ4v) is 3.28. The highest BCUT2D eigenvalue weighted by Crippen LogP contribution is 2.47. The summed E-state index contributed by atoms with van der Waals surface area (Å²) in [6.45, 7) is 6.48. The highest BCUT2D eigenvalue weighted by atomic mass is 31.2. The Balaban J connectivity index is 2.50. The van der Waals surface area contributed by atoms with Gasteiger partial charge in [0.15, 0.2) is 5.75 Å². The number of hydrogen-bond donors (Lipinski definition) is 1. The molecule has 0 fully saturated rings. The lowest BCUT2D eigenvalue weighted by Gasteiger charge is -2.15. The van der Waals surface area contributed by atoms with Crippen molar-refractivity contribution in [3.05, 3.63) is 32.6 Å². The summed E-state index contributed by atoms with van der Waals surface area (Å²) in [5, 5.41) is 2.81. The van der Waals surface area contributed by atoms with Crippen LogP contribution in [0.2, 0.25) is 0 Å². The molecule has 1 rings (SSSR count). The normalized spacial score (nSPS) is 12.1. The lowest BCUT2D eigenvalue weighted by atomic mass is 10.2. The van der Waals surface area contributed by atoms with E-state index in [1.165, 1.54) is 0 Å². The van der Waals surface area contributed by atoms with Crippen LogP contribution in [0.5, 0.6) is 5.75 Å². The molecule has 0 aliphatic rings. The molecule has 1 aromatic carbocycles. The van der Waals surface area contributed by atoms with E-state index in [9.17, 15) is 14.2 Å². The Hall–Kier alpha value is -1.43. The second-order valence-corrected chi connectivity index (χ2v) is 6.38. The van der Waals surface area contributed by atoms with Crippen molar-refractivity contribution in [2.45, 2.75) is 20.8 Å².